The van der Waals surface area contributed by atoms with Gasteiger partial charge in [-0.1, -0.05) is 17.3 Å². The van der Waals surface area contributed by atoms with Crippen LogP contribution in [0.2, 0.25) is 0 Å². The monoisotopic (exact) mass is 392 g/mol. The Labute approximate surface area is 160 Å². The standard InChI is InChI=1S/C18H22F2N6O2/c1-10(22)12-4-3-11(7-14(12)23-2)16-24-17(28-25-16)13-5-6-26(15(27)8-21)9-18(13,19)20/h3-4,7,13,22-23H,5-6,8-9,21H2,1-2H3. The van der Waals surface area contributed by atoms with Crippen molar-refractivity contribution in [2.75, 3.05) is 32.0 Å². The molecule has 1 unspecified atom stereocenters. The summed E-state index contributed by atoms with van der Waals surface area (Å²) in [5.74, 6) is -4.92. The quantitative estimate of drug-likeness (QED) is 0.670. The number of likely N-dealkylation sites (tertiary alicyclic amines) is 1. The lowest BCUT2D eigenvalue weighted by Crippen LogP contribution is -2.51. The van der Waals surface area contributed by atoms with E-state index in [1.165, 1.54) is 0 Å². The van der Waals surface area contributed by atoms with E-state index in [1.807, 2.05) is 0 Å². The van der Waals surface area contributed by atoms with Crippen molar-refractivity contribution in [2.24, 2.45) is 5.73 Å². The van der Waals surface area contributed by atoms with Crippen LogP contribution in [0.15, 0.2) is 22.7 Å². The van der Waals surface area contributed by atoms with Gasteiger partial charge in [0.25, 0.3) is 5.92 Å². The number of nitrogens with two attached hydrogens (primary N) is 1. The normalized spacial score (nSPS) is 18.8. The number of rotatable bonds is 5. The summed E-state index contributed by atoms with van der Waals surface area (Å²) in [4.78, 5) is 16.9. The van der Waals surface area contributed by atoms with E-state index in [1.54, 1.807) is 32.2 Å². The maximum atomic E-state index is 14.6. The van der Waals surface area contributed by atoms with Crippen LogP contribution >= 0.6 is 0 Å². The minimum atomic E-state index is -3.19. The molecule has 10 heteroatoms. The first-order valence-corrected chi connectivity index (χ1v) is 8.83. The highest BCUT2D eigenvalue weighted by atomic mass is 19.3. The molecule has 1 saturated heterocycles. The maximum absolute atomic E-state index is 14.6. The predicted octanol–water partition coefficient (Wildman–Crippen LogP) is 2.08. The lowest BCUT2D eigenvalue weighted by atomic mass is 9.92. The molecule has 8 nitrogen and oxygen atoms in total. The highest BCUT2D eigenvalue weighted by Crippen LogP contribution is 2.40. The number of carbonyl (C=O) groups is 1. The highest BCUT2D eigenvalue weighted by Gasteiger charge is 2.49. The Morgan fingerprint density at radius 2 is 2.25 bits per heavy atom. The van der Waals surface area contributed by atoms with Crippen LogP contribution in [0, 0.1) is 5.41 Å². The fraction of sp³-hybridized carbons (Fsp3) is 0.444. The van der Waals surface area contributed by atoms with Gasteiger partial charge < -0.3 is 25.9 Å². The van der Waals surface area contributed by atoms with E-state index in [0.717, 1.165) is 10.5 Å². The minimum Gasteiger partial charge on any atom is -0.388 e. The van der Waals surface area contributed by atoms with Crippen molar-refractivity contribution in [3.05, 3.63) is 29.7 Å². The van der Waals surface area contributed by atoms with Gasteiger partial charge in [-0.3, -0.25) is 4.79 Å². The molecule has 1 aromatic carbocycles. The second-order valence-electron chi connectivity index (χ2n) is 6.71. The molecule has 1 aliphatic heterocycles. The van der Waals surface area contributed by atoms with Gasteiger partial charge in [-0.05, 0) is 19.4 Å². The molecule has 0 aliphatic carbocycles. The fourth-order valence-electron chi connectivity index (χ4n) is 3.30. The van der Waals surface area contributed by atoms with E-state index in [4.69, 9.17) is 15.7 Å². The number of hydrogen-bond acceptors (Lipinski definition) is 7. The van der Waals surface area contributed by atoms with Gasteiger partial charge in [0, 0.05) is 36.1 Å². The molecule has 28 heavy (non-hydrogen) atoms. The third-order valence-electron chi connectivity index (χ3n) is 4.82. The molecule has 0 bridgehead atoms. The van der Waals surface area contributed by atoms with Crippen molar-refractivity contribution in [2.45, 2.75) is 25.2 Å². The molecule has 0 spiro atoms. The second-order valence-corrected chi connectivity index (χ2v) is 6.71. The Morgan fingerprint density at radius 1 is 1.50 bits per heavy atom. The molecule has 1 amide bonds. The van der Waals surface area contributed by atoms with Crippen LogP contribution in [0.1, 0.15) is 30.7 Å². The van der Waals surface area contributed by atoms with Crippen molar-refractivity contribution in [3.63, 3.8) is 0 Å². The first-order valence-electron chi connectivity index (χ1n) is 8.83. The Morgan fingerprint density at radius 3 is 2.86 bits per heavy atom. The summed E-state index contributed by atoms with van der Waals surface area (Å²) < 4.78 is 34.3. The topological polar surface area (TPSA) is 121 Å². The van der Waals surface area contributed by atoms with Gasteiger partial charge in [0.15, 0.2) is 0 Å². The Hall–Kier alpha value is -2.88. The first kappa shape index (κ1) is 19.9. The molecule has 2 aromatic rings. The van der Waals surface area contributed by atoms with Crippen LogP contribution in [-0.4, -0.2) is 59.3 Å². The number of alkyl halides is 2. The molecule has 2 heterocycles. The minimum absolute atomic E-state index is 0.00801. The molecule has 0 saturated carbocycles. The smallest absolute Gasteiger partial charge is 0.276 e. The van der Waals surface area contributed by atoms with E-state index >= 15 is 0 Å². The zero-order valence-corrected chi connectivity index (χ0v) is 15.6. The number of anilines is 1. The Kier molecular flexibility index (Phi) is 5.41. The molecule has 1 aliphatic rings. The van der Waals surface area contributed by atoms with Crippen LogP contribution < -0.4 is 11.1 Å². The molecule has 3 rings (SSSR count). The fourth-order valence-corrected chi connectivity index (χ4v) is 3.30. The van der Waals surface area contributed by atoms with Gasteiger partial charge in [0.1, 0.15) is 5.92 Å². The Balaban J connectivity index is 1.85. The van der Waals surface area contributed by atoms with Gasteiger partial charge in [-0.2, -0.15) is 4.98 Å². The summed E-state index contributed by atoms with van der Waals surface area (Å²) in [6, 6.07) is 5.19. The lowest BCUT2D eigenvalue weighted by molar-refractivity contribution is -0.143. The summed E-state index contributed by atoms with van der Waals surface area (Å²) in [6.45, 7) is 0.810. The van der Waals surface area contributed by atoms with E-state index in [2.05, 4.69) is 15.5 Å². The highest BCUT2D eigenvalue weighted by molar-refractivity contribution is 6.02. The third-order valence-corrected chi connectivity index (χ3v) is 4.82. The van der Waals surface area contributed by atoms with Crippen LogP contribution in [0.4, 0.5) is 14.5 Å². The SMILES string of the molecule is CNc1cc(-c2noc(C3CCN(C(=O)CN)CC3(F)F)n2)ccc1C(C)=N. The van der Waals surface area contributed by atoms with Gasteiger partial charge >= 0.3 is 0 Å². The number of hydrogen-bond donors (Lipinski definition) is 3. The largest absolute Gasteiger partial charge is 0.388 e. The summed E-state index contributed by atoms with van der Waals surface area (Å²) in [5.41, 5.74) is 7.67. The van der Waals surface area contributed by atoms with Crippen LogP contribution in [0.5, 0.6) is 0 Å². The molecule has 1 fully saturated rings. The van der Waals surface area contributed by atoms with Gasteiger partial charge in [0.2, 0.25) is 17.6 Å². The zero-order valence-electron chi connectivity index (χ0n) is 15.6. The molecular weight excluding hydrogens is 370 g/mol. The maximum Gasteiger partial charge on any atom is 0.276 e. The van der Waals surface area contributed by atoms with Gasteiger partial charge in [0.05, 0.1) is 13.1 Å². The van der Waals surface area contributed by atoms with Crippen LogP contribution in [0.3, 0.4) is 0 Å². The number of halogens is 2. The number of carbonyl (C=O) groups excluding carboxylic acids is 1. The average Bonchev–Trinajstić information content (AvgIpc) is 3.15. The number of nitrogens with zero attached hydrogens (tertiary/aromatic N) is 3. The molecule has 0 radical (unpaired) electrons. The molecule has 4 N–H and O–H groups in total. The van der Waals surface area contributed by atoms with Crippen molar-refractivity contribution < 1.29 is 18.1 Å². The van der Waals surface area contributed by atoms with Gasteiger partial charge in [-0.25, -0.2) is 8.78 Å². The summed E-state index contributed by atoms with van der Waals surface area (Å²) in [7, 11) is 1.73. The van der Waals surface area contributed by atoms with Crippen molar-refractivity contribution in [1.82, 2.24) is 15.0 Å². The molecular formula is C18H22F2N6O2. The van der Waals surface area contributed by atoms with Crippen LogP contribution in [-0.2, 0) is 4.79 Å². The average molecular weight is 392 g/mol. The van der Waals surface area contributed by atoms with E-state index in [9.17, 15) is 13.6 Å². The Bertz CT molecular complexity index is 898. The summed E-state index contributed by atoms with van der Waals surface area (Å²) >= 11 is 0. The summed E-state index contributed by atoms with van der Waals surface area (Å²) in [5, 5.41) is 14.6. The van der Waals surface area contributed by atoms with Crippen molar-refractivity contribution >= 4 is 17.3 Å². The van der Waals surface area contributed by atoms with Gasteiger partial charge in [-0.15, -0.1) is 0 Å². The molecule has 1 atom stereocenters. The van der Waals surface area contributed by atoms with Crippen molar-refractivity contribution in [3.8, 4) is 11.4 Å². The van der Waals surface area contributed by atoms with E-state index in [0.29, 0.717) is 17.0 Å². The molecule has 1 aromatic heterocycles. The number of aromatic nitrogens is 2. The number of benzene rings is 1. The number of nitrogens with one attached hydrogen (secondary N) is 2. The second kappa shape index (κ2) is 7.63. The third kappa shape index (κ3) is 3.72. The first-order chi connectivity index (χ1) is 13.3. The van der Waals surface area contributed by atoms with E-state index in [-0.39, 0.29) is 31.2 Å². The predicted molar refractivity (Wildman–Crippen MR) is 99.7 cm³/mol. The lowest BCUT2D eigenvalue weighted by Gasteiger charge is -2.36. The number of piperidine rings is 1. The van der Waals surface area contributed by atoms with E-state index < -0.39 is 24.3 Å². The molecule has 150 valence electrons. The number of amides is 1. The summed E-state index contributed by atoms with van der Waals surface area (Å²) in [6.07, 6.45) is 0.00801. The zero-order chi connectivity index (χ0) is 20.5. The van der Waals surface area contributed by atoms with Crippen LogP contribution in [0.25, 0.3) is 11.4 Å². The van der Waals surface area contributed by atoms with Crippen molar-refractivity contribution in [1.29, 1.82) is 5.41 Å².